The molecule has 0 spiro atoms. The van der Waals surface area contributed by atoms with Gasteiger partial charge in [-0.15, -0.1) is 11.8 Å². The molecule has 2 amide bonds. The number of urea groups is 1. The van der Waals surface area contributed by atoms with E-state index in [1.165, 1.54) is 17.7 Å². The molecular weight excluding hydrogens is 276 g/mol. The van der Waals surface area contributed by atoms with E-state index in [1.54, 1.807) is 11.8 Å². The van der Waals surface area contributed by atoms with Crippen LogP contribution in [0.25, 0.3) is 0 Å². The van der Waals surface area contributed by atoms with Crippen LogP contribution in [0.15, 0.2) is 0 Å². The van der Waals surface area contributed by atoms with Crippen molar-refractivity contribution in [1.82, 2.24) is 10.2 Å². The van der Waals surface area contributed by atoms with Crippen molar-refractivity contribution in [3.05, 3.63) is 0 Å². The van der Waals surface area contributed by atoms with Gasteiger partial charge < -0.3 is 10.4 Å². The van der Waals surface area contributed by atoms with Crippen molar-refractivity contribution in [3.8, 4) is 0 Å². The number of carbonyl (C=O) groups excluding carboxylic acids is 1. The van der Waals surface area contributed by atoms with Crippen LogP contribution in [0.3, 0.4) is 0 Å². The summed E-state index contributed by atoms with van der Waals surface area (Å²) >= 11 is 1.56. The van der Waals surface area contributed by atoms with Crippen molar-refractivity contribution < 1.29 is 14.7 Å². The molecule has 1 aliphatic carbocycles. The fraction of sp³-hybridized carbons (Fsp3) is 0.857. The van der Waals surface area contributed by atoms with E-state index >= 15 is 0 Å². The van der Waals surface area contributed by atoms with Gasteiger partial charge in [0, 0.05) is 11.8 Å². The standard InChI is InChI=1S/C14H24N2O3S/c1-3-10(7-9-5-6-9)15-14(19)16-11(13(17)18)8-20-12(16)4-2/h9-12H,3-8H2,1-2H3,(H,15,19)(H,17,18). The fourth-order valence-corrected chi connectivity index (χ4v) is 4.02. The van der Waals surface area contributed by atoms with Gasteiger partial charge in [0.15, 0.2) is 0 Å². The number of hydrogen-bond donors (Lipinski definition) is 2. The Hall–Kier alpha value is -0.910. The van der Waals surface area contributed by atoms with E-state index in [9.17, 15) is 14.7 Å². The predicted molar refractivity (Wildman–Crippen MR) is 79.8 cm³/mol. The predicted octanol–water partition coefficient (Wildman–Crippen LogP) is 2.51. The molecule has 0 bridgehead atoms. The molecule has 0 aromatic rings. The van der Waals surface area contributed by atoms with Crippen LogP contribution in [-0.4, -0.2) is 45.2 Å². The molecule has 3 unspecified atom stereocenters. The molecule has 1 aliphatic heterocycles. The molecular formula is C14H24N2O3S. The Balaban J connectivity index is 1.98. The van der Waals surface area contributed by atoms with Crippen molar-refractivity contribution in [2.45, 2.75) is 63.4 Å². The molecule has 2 N–H and O–H groups in total. The summed E-state index contributed by atoms with van der Waals surface area (Å²) in [6.07, 6.45) is 5.24. The zero-order valence-corrected chi connectivity index (χ0v) is 13.0. The summed E-state index contributed by atoms with van der Waals surface area (Å²) in [5.74, 6) is 0.338. The molecule has 3 atom stereocenters. The third-order valence-corrected chi connectivity index (χ3v) is 5.55. The van der Waals surface area contributed by atoms with E-state index in [2.05, 4.69) is 12.2 Å². The van der Waals surface area contributed by atoms with Crippen molar-refractivity contribution in [3.63, 3.8) is 0 Å². The van der Waals surface area contributed by atoms with Gasteiger partial charge in [-0.05, 0) is 25.2 Å². The van der Waals surface area contributed by atoms with E-state index in [4.69, 9.17) is 0 Å². The SMILES string of the molecule is CCC(CC1CC1)NC(=O)N1C(CC)SCC1C(=O)O. The topological polar surface area (TPSA) is 69.6 Å². The van der Waals surface area contributed by atoms with E-state index in [-0.39, 0.29) is 17.4 Å². The van der Waals surface area contributed by atoms with Gasteiger partial charge >= 0.3 is 12.0 Å². The lowest BCUT2D eigenvalue weighted by molar-refractivity contribution is -0.141. The number of carbonyl (C=O) groups is 2. The Kier molecular flexibility index (Phi) is 5.18. The molecule has 1 saturated carbocycles. The Morgan fingerprint density at radius 3 is 2.60 bits per heavy atom. The Bertz CT molecular complexity index is 373. The average Bonchev–Trinajstić information content (AvgIpc) is 3.12. The quantitative estimate of drug-likeness (QED) is 0.791. The van der Waals surface area contributed by atoms with Gasteiger partial charge in [-0.2, -0.15) is 0 Å². The lowest BCUT2D eigenvalue weighted by Gasteiger charge is -2.29. The number of thioether (sulfide) groups is 1. The Labute approximate surface area is 124 Å². The smallest absolute Gasteiger partial charge is 0.327 e. The van der Waals surface area contributed by atoms with Gasteiger partial charge in [-0.1, -0.05) is 26.7 Å². The van der Waals surface area contributed by atoms with E-state index in [0.29, 0.717) is 5.75 Å². The lowest BCUT2D eigenvalue weighted by atomic mass is 10.1. The molecule has 2 aliphatic rings. The van der Waals surface area contributed by atoms with Gasteiger partial charge in [0.2, 0.25) is 0 Å². The molecule has 5 nitrogen and oxygen atoms in total. The summed E-state index contributed by atoms with van der Waals surface area (Å²) in [5.41, 5.74) is 0. The molecule has 0 radical (unpaired) electrons. The summed E-state index contributed by atoms with van der Waals surface area (Å²) in [6.45, 7) is 4.06. The van der Waals surface area contributed by atoms with Crippen LogP contribution in [0, 0.1) is 5.92 Å². The molecule has 2 fully saturated rings. The van der Waals surface area contributed by atoms with Gasteiger partial charge in [0.1, 0.15) is 6.04 Å². The highest BCUT2D eigenvalue weighted by Gasteiger charge is 2.41. The maximum Gasteiger partial charge on any atom is 0.327 e. The first-order chi connectivity index (χ1) is 9.56. The number of carboxylic acid groups (broad SMARTS) is 1. The fourth-order valence-electron chi connectivity index (χ4n) is 2.67. The summed E-state index contributed by atoms with van der Waals surface area (Å²) in [4.78, 5) is 25.3. The summed E-state index contributed by atoms with van der Waals surface area (Å²) < 4.78 is 0. The van der Waals surface area contributed by atoms with Crippen LogP contribution in [0.4, 0.5) is 4.79 Å². The second-order valence-electron chi connectivity index (χ2n) is 5.69. The zero-order valence-electron chi connectivity index (χ0n) is 12.2. The molecule has 1 saturated heterocycles. The minimum atomic E-state index is -0.904. The van der Waals surface area contributed by atoms with Gasteiger partial charge in [-0.3, -0.25) is 4.90 Å². The number of aliphatic carboxylic acids is 1. The summed E-state index contributed by atoms with van der Waals surface area (Å²) in [7, 11) is 0. The van der Waals surface area contributed by atoms with Crippen molar-refractivity contribution in [2.75, 3.05) is 5.75 Å². The molecule has 114 valence electrons. The Morgan fingerprint density at radius 1 is 1.40 bits per heavy atom. The largest absolute Gasteiger partial charge is 0.480 e. The monoisotopic (exact) mass is 300 g/mol. The average molecular weight is 300 g/mol. The summed E-state index contributed by atoms with van der Waals surface area (Å²) in [6, 6.07) is -0.724. The molecule has 0 aromatic heterocycles. The highest BCUT2D eigenvalue weighted by Crippen LogP contribution is 2.35. The third kappa shape index (κ3) is 3.59. The number of nitrogens with zero attached hydrogens (tertiary/aromatic N) is 1. The van der Waals surface area contributed by atoms with Crippen molar-refractivity contribution in [2.24, 2.45) is 5.92 Å². The molecule has 6 heteroatoms. The zero-order chi connectivity index (χ0) is 14.7. The van der Waals surface area contributed by atoms with Crippen LogP contribution >= 0.6 is 11.8 Å². The number of amides is 2. The van der Waals surface area contributed by atoms with Crippen LogP contribution in [0.2, 0.25) is 0 Å². The third-order valence-electron chi connectivity index (χ3n) is 4.10. The Morgan fingerprint density at radius 2 is 2.10 bits per heavy atom. The number of carboxylic acids is 1. The van der Waals surface area contributed by atoms with Crippen molar-refractivity contribution in [1.29, 1.82) is 0 Å². The number of hydrogen-bond acceptors (Lipinski definition) is 3. The minimum absolute atomic E-state index is 0.0190. The molecule has 0 aromatic carbocycles. The highest BCUT2D eigenvalue weighted by atomic mass is 32.2. The van der Waals surface area contributed by atoms with Gasteiger partial charge in [-0.25, -0.2) is 9.59 Å². The first-order valence-electron chi connectivity index (χ1n) is 7.50. The summed E-state index contributed by atoms with van der Waals surface area (Å²) in [5, 5.41) is 12.3. The maximum atomic E-state index is 12.4. The van der Waals surface area contributed by atoms with Crippen LogP contribution in [0.5, 0.6) is 0 Å². The van der Waals surface area contributed by atoms with E-state index in [0.717, 1.165) is 25.2 Å². The minimum Gasteiger partial charge on any atom is -0.480 e. The maximum absolute atomic E-state index is 12.4. The highest BCUT2D eigenvalue weighted by molar-refractivity contribution is 8.00. The number of rotatable bonds is 6. The second-order valence-corrected chi connectivity index (χ2v) is 6.90. The molecule has 2 rings (SSSR count). The van der Waals surface area contributed by atoms with Crippen LogP contribution in [0.1, 0.15) is 46.0 Å². The molecule has 20 heavy (non-hydrogen) atoms. The van der Waals surface area contributed by atoms with E-state index < -0.39 is 12.0 Å². The molecule has 1 heterocycles. The van der Waals surface area contributed by atoms with Gasteiger partial charge in [0.05, 0.1) is 5.37 Å². The first kappa shape index (κ1) is 15.5. The van der Waals surface area contributed by atoms with Crippen LogP contribution < -0.4 is 5.32 Å². The number of nitrogens with one attached hydrogen (secondary N) is 1. The first-order valence-corrected chi connectivity index (χ1v) is 8.54. The lowest BCUT2D eigenvalue weighted by Crippen LogP contribution is -2.52. The van der Waals surface area contributed by atoms with Crippen LogP contribution in [-0.2, 0) is 4.79 Å². The normalized spacial score (nSPS) is 27.4. The van der Waals surface area contributed by atoms with E-state index in [1.807, 2.05) is 6.92 Å². The van der Waals surface area contributed by atoms with Gasteiger partial charge in [0.25, 0.3) is 0 Å². The van der Waals surface area contributed by atoms with Crippen molar-refractivity contribution >= 4 is 23.8 Å². The second kappa shape index (κ2) is 6.70.